The highest BCUT2D eigenvalue weighted by atomic mass is 16.5. The Kier molecular flexibility index (Phi) is 4.02. The number of rotatable bonds is 4. The molecule has 0 bridgehead atoms. The molecule has 72 valence electrons. The second-order valence-electron chi connectivity index (χ2n) is 3.67. The van der Waals surface area contributed by atoms with Crippen molar-refractivity contribution in [1.82, 2.24) is 5.32 Å². The summed E-state index contributed by atoms with van der Waals surface area (Å²) in [6, 6.07) is 0. The minimum Gasteiger partial charge on any atom is -0.372 e. The smallest absolute Gasteiger partial charge is 0.0804 e. The second kappa shape index (κ2) is 4.83. The monoisotopic (exact) mass is 171 g/mol. The average molecular weight is 171 g/mol. The lowest BCUT2D eigenvalue weighted by Gasteiger charge is -2.37. The molecule has 1 unspecified atom stereocenters. The van der Waals surface area contributed by atoms with Gasteiger partial charge in [0.1, 0.15) is 0 Å². The summed E-state index contributed by atoms with van der Waals surface area (Å²) in [5.41, 5.74) is 0.161. The maximum atomic E-state index is 5.85. The van der Waals surface area contributed by atoms with Crippen LogP contribution in [0.3, 0.4) is 0 Å². The first kappa shape index (κ1) is 10.0. The lowest BCUT2D eigenvalue weighted by atomic mass is 9.92. The molecule has 0 aromatic heterocycles. The Bertz CT molecular complexity index is 119. The Morgan fingerprint density at radius 1 is 1.42 bits per heavy atom. The molecule has 0 aromatic rings. The average Bonchev–Trinajstić information content (AvgIpc) is 2.16. The van der Waals surface area contributed by atoms with E-state index in [0.717, 1.165) is 26.1 Å². The third-order valence-corrected chi connectivity index (χ3v) is 2.76. The lowest BCUT2D eigenvalue weighted by Crippen LogP contribution is -2.49. The maximum Gasteiger partial charge on any atom is 0.0804 e. The molecular formula is C10H21NO. The molecule has 12 heavy (non-hydrogen) atoms. The van der Waals surface area contributed by atoms with E-state index in [2.05, 4.69) is 19.2 Å². The highest BCUT2D eigenvalue weighted by Crippen LogP contribution is 2.24. The predicted octanol–water partition coefficient (Wildman–Crippen LogP) is 1.95. The molecule has 1 atom stereocenters. The molecule has 1 heterocycles. The van der Waals surface area contributed by atoms with Gasteiger partial charge in [-0.2, -0.15) is 0 Å². The summed E-state index contributed by atoms with van der Waals surface area (Å²) in [5, 5.41) is 3.41. The molecule has 2 heteroatoms. The van der Waals surface area contributed by atoms with Crippen LogP contribution in [0.4, 0.5) is 0 Å². The zero-order valence-electron chi connectivity index (χ0n) is 8.36. The molecule has 0 saturated carbocycles. The van der Waals surface area contributed by atoms with Crippen LogP contribution in [-0.4, -0.2) is 25.3 Å². The van der Waals surface area contributed by atoms with Gasteiger partial charge in [0.2, 0.25) is 0 Å². The summed E-state index contributed by atoms with van der Waals surface area (Å²) in [7, 11) is 0. The van der Waals surface area contributed by atoms with Crippen molar-refractivity contribution < 1.29 is 4.74 Å². The van der Waals surface area contributed by atoms with Crippen molar-refractivity contribution in [3.8, 4) is 0 Å². The van der Waals surface area contributed by atoms with Crippen LogP contribution in [0.5, 0.6) is 0 Å². The van der Waals surface area contributed by atoms with Crippen LogP contribution in [0.15, 0.2) is 0 Å². The summed E-state index contributed by atoms with van der Waals surface area (Å²) in [4.78, 5) is 0. The van der Waals surface area contributed by atoms with Crippen molar-refractivity contribution in [3.63, 3.8) is 0 Å². The summed E-state index contributed by atoms with van der Waals surface area (Å²) >= 11 is 0. The summed E-state index contributed by atoms with van der Waals surface area (Å²) in [6.07, 6.45) is 4.91. The van der Waals surface area contributed by atoms with Crippen LogP contribution in [0, 0.1) is 0 Å². The highest BCUT2D eigenvalue weighted by Gasteiger charge is 2.30. The fourth-order valence-corrected chi connectivity index (χ4v) is 1.77. The van der Waals surface area contributed by atoms with Crippen molar-refractivity contribution in [3.05, 3.63) is 0 Å². The number of unbranched alkanes of at least 4 members (excludes halogenated alkanes) is 1. The predicted molar refractivity (Wildman–Crippen MR) is 51.4 cm³/mol. The van der Waals surface area contributed by atoms with Gasteiger partial charge in [-0.25, -0.2) is 0 Å². The van der Waals surface area contributed by atoms with E-state index >= 15 is 0 Å². The lowest BCUT2D eigenvalue weighted by molar-refractivity contribution is -0.0745. The van der Waals surface area contributed by atoms with Gasteiger partial charge < -0.3 is 10.1 Å². The fourth-order valence-electron chi connectivity index (χ4n) is 1.77. The number of hydrogen-bond donors (Lipinski definition) is 1. The van der Waals surface area contributed by atoms with Gasteiger partial charge in [-0.1, -0.05) is 26.7 Å². The van der Waals surface area contributed by atoms with E-state index in [9.17, 15) is 0 Å². The third kappa shape index (κ3) is 2.46. The van der Waals surface area contributed by atoms with Crippen LogP contribution in [0.2, 0.25) is 0 Å². The largest absolute Gasteiger partial charge is 0.372 e. The van der Waals surface area contributed by atoms with Crippen LogP contribution < -0.4 is 5.32 Å². The molecule has 1 saturated heterocycles. The van der Waals surface area contributed by atoms with Gasteiger partial charge >= 0.3 is 0 Å². The van der Waals surface area contributed by atoms with E-state index in [4.69, 9.17) is 4.74 Å². The molecule has 0 radical (unpaired) electrons. The molecule has 0 aliphatic carbocycles. The summed E-state index contributed by atoms with van der Waals surface area (Å²) in [6.45, 7) is 7.41. The van der Waals surface area contributed by atoms with Crippen molar-refractivity contribution in [1.29, 1.82) is 0 Å². The van der Waals surface area contributed by atoms with Gasteiger partial charge in [-0.3, -0.25) is 0 Å². The number of nitrogens with one attached hydrogen (secondary N) is 1. The molecule has 1 aliphatic rings. The van der Waals surface area contributed by atoms with Crippen molar-refractivity contribution in [2.45, 2.75) is 45.1 Å². The van der Waals surface area contributed by atoms with Crippen molar-refractivity contribution >= 4 is 0 Å². The van der Waals surface area contributed by atoms with E-state index in [0.29, 0.717) is 0 Å². The van der Waals surface area contributed by atoms with E-state index in [1.807, 2.05) is 0 Å². The normalized spacial score (nSPS) is 30.5. The van der Waals surface area contributed by atoms with Crippen molar-refractivity contribution in [2.75, 3.05) is 19.7 Å². The first-order valence-corrected chi connectivity index (χ1v) is 5.17. The standard InChI is InChI=1S/C10H21NO/c1-3-5-6-10(4-2)9-11-7-8-12-10/h11H,3-9H2,1-2H3. The van der Waals surface area contributed by atoms with Gasteiger partial charge in [0.05, 0.1) is 12.2 Å². The minimum atomic E-state index is 0.161. The first-order valence-electron chi connectivity index (χ1n) is 5.17. The molecule has 0 amide bonds. The second-order valence-corrected chi connectivity index (χ2v) is 3.67. The molecular weight excluding hydrogens is 150 g/mol. The highest BCUT2D eigenvalue weighted by molar-refractivity contribution is 4.84. The Hall–Kier alpha value is -0.0800. The maximum absolute atomic E-state index is 5.85. The summed E-state index contributed by atoms with van der Waals surface area (Å²) in [5.74, 6) is 0. The Balaban J connectivity index is 2.37. The van der Waals surface area contributed by atoms with Crippen LogP contribution >= 0.6 is 0 Å². The molecule has 1 aliphatic heterocycles. The van der Waals surface area contributed by atoms with Gasteiger partial charge in [0.25, 0.3) is 0 Å². The van der Waals surface area contributed by atoms with E-state index < -0.39 is 0 Å². The van der Waals surface area contributed by atoms with Gasteiger partial charge in [-0.05, 0) is 12.8 Å². The third-order valence-electron chi connectivity index (χ3n) is 2.76. The molecule has 1 rings (SSSR count). The molecule has 0 aromatic carbocycles. The SMILES string of the molecule is CCCCC1(CC)CNCCO1. The number of hydrogen-bond acceptors (Lipinski definition) is 2. The van der Waals surface area contributed by atoms with Gasteiger partial charge in [0, 0.05) is 13.1 Å². The molecule has 2 nitrogen and oxygen atoms in total. The van der Waals surface area contributed by atoms with Crippen LogP contribution in [0.1, 0.15) is 39.5 Å². The Morgan fingerprint density at radius 3 is 2.75 bits per heavy atom. The Morgan fingerprint density at radius 2 is 2.25 bits per heavy atom. The molecule has 1 N–H and O–H groups in total. The van der Waals surface area contributed by atoms with Gasteiger partial charge in [0.15, 0.2) is 0 Å². The summed E-state index contributed by atoms with van der Waals surface area (Å²) < 4.78 is 5.85. The van der Waals surface area contributed by atoms with E-state index in [1.54, 1.807) is 0 Å². The minimum absolute atomic E-state index is 0.161. The van der Waals surface area contributed by atoms with Gasteiger partial charge in [-0.15, -0.1) is 0 Å². The quantitative estimate of drug-likeness (QED) is 0.698. The van der Waals surface area contributed by atoms with Crippen LogP contribution in [0.25, 0.3) is 0 Å². The van der Waals surface area contributed by atoms with E-state index in [1.165, 1.54) is 19.3 Å². The molecule has 0 spiro atoms. The zero-order valence-corrected chi connectivity index (χ0v) is 8.36. The topological polar surface area (TPSA) is 21.3 Å². The van der Waals surface area contributed by atoms with E-state index in [-0.39, 0.29) is 5.60 Å². The van der Waals surface area contributed by atoms with Crippen LogP contribution in [-0.2, 0) is 4.74 Å². The Labute approximate surface area is 75.7 Å². The fraction of sp³-hybridized carbons (Fsp3) is 1.00. The molecule has 1 fully saturated rings. The number of morpholine rings is 1. The van der Waals surface area contributed by atoms with Crippen molar-refractivity contribution in [2.24, 2.45) is 0 Å². The number of ether oxygens (including phenoxy) is 1. The zero-order chi connectivity index (χ0) is 8.86. The first-order chi connectivity index (χ1) is 5.83.